The minimum atomic E-state index is -0.517. The Kier molecular flexibility index (Phi) is 6.91. The van der Waals surface area contributed by atoms with Gasteiger partial charge in [0, 0.05) is 18.3 Å². The third-order valence-electron chi connectivity index (χ3n) is 3.39. The summed E-state index contributed by atoms with van der Waals surface area (Å²) < 4.78 is 5.39. The molecule has 0 heterocycles. The Morgan fingerprint density at radius 2 is 1.67 bits per heavy atom. The van der Waals surface area contributed by atoms with Gasteiger partial charge in [-0.2, -0.15) is 5.26 Å². The lowest BCUT2D eigenvalue weighted by Crippen LogP contribution is -2.13. The van der Waals surface area contributed by atoms with E-state index in [1.165, 1.54) is 13.0 Å². The molecule has 0 aliphatic rings. The molecular formula is C21H19N3O3. The van der Waals surface area contributed by atoms with Gasteiger partial charge in [-0.15, -0.1) is 0 Å². The molecule has 0 fully saturated rings. The number of ether oxygens (including phenoxy) is 1. The van der Waals surface area contributed by atoms with Crippen LogP contribution < -0.4 is 15.4 Å². The van der Waals surface area contributed by atoms with E-state index < -0.39 is 5.91 Å². The quantitative estimate of drug-likeness (QED) is 0.446. The molecule has 0 atom stereocenters. The number of hydrogen-bond acceptors (Lipinski definition) is 4. The maximum absolute atomic E-state index is 12.3. The average Bonchev–Trinajstić information content (AvgIpc) is 2.66. The fraction of sp³-hybridized carbons (Fsp3) is 0.0952. The first kappa shape index (κ1) is 19.5. The highest BCUT2D eigenvalue weighted by atomic mass is 16.5. The Hall–Kier alpha value is -3.85. The average molecular weight is 361 g/mol. The highest BCUT2D eigenvalue weighted by molar-refractivity contribution is 6.09. The second-order valence-corrected chi connectivity index (χ2v) is 5.55. The van der Waals surface area contributed by atoms with Crippen molar-refractivity contribution in [3.8, 4) is 11.8 Å². The molecular weight excluding hydrogens is 342 g/mol. The lowest BCUT2D eigenvalue weighted by atomic mass is 10.1. The Morgan fingerprint density at radius 1 is 1.07 bits per heavy atom. The molecule has 2 N–H and O–H groups in total. The van der Waals surface area contributed by atoms with Crippen molar-refractivity contribution in [2.24, 2.45) is 0 Å². The minimum absolute atomic E-state index is 0.0271. The van der Waals surface area contributed by atoms with E-state index in [1.54, 1.807) is 54.6 Å². The molecule has 0 bridgehead atoms. The highest BCUT2D eigenvalue weighted by Crippen LogP contribution is 2.17. The molecule has 6 heteroatoms. The van der Waals surface area contributed by atoms with Crippen molar-refractivity contribution >= 4 is 29.3 Å². The highest BCUT2D eigenvalue weighted by Gasteiger charge is 2.10. The smallest absolute Gasteiger partial charge is 0.266 e. The number of hydrogen-bond donors (Lipinski definition) is 2. The summed E-state index contributed by atoms with van der Waals surface area (Å²) in [4.78, 5) is 23.3. The molecule has 0 radical (unpaired) electrons. The van der Waals surface area contributed by atoms with Crippen LogP contribution in [0.2, 0.25) is 0 Å². The zero-order chi connectivity index (χ0) is 19.6. The molecule has 0 aromatic heterocycles. The summed E-state index contributed by atoms with van der Waals surface area (Å²) in [5.41, 5.74) is 1.81. The van der Waals surface area contributed by atoms with Gasteiger partial charge in [-0.3, -0.25) is 9.59 Å². The predicted molar refractivity (Wildman–Crippen MR) is 105 cm³/mol. The zero-order valence-corrected chi connectivity index (χ0v) is 14.9. The minimum Gasteiger partial charge on any atom is -0.490 e. The summed E-state index contributed by atoms with van der Waals surface area (Å²) >= 11 is 0. The number of nitrogens with one attached hydrogen (secondary N) is 2. The largest absolute Gasteiger partial charge is 0.490 e. The number of nitrogens with zero attached hydrogens (tertiary/aromatic N) is 1. The molecule has 0 saturated heterocycles. The van der Waals surface area contributed by atoms with Crippen LogP contribution in [0, 0.1) is 11.3 Å². The molecule has 0 unspecified atom stereocenters. The van der Waals surface area contributed by atoms with Crippen LogP contribution in [0.5, 0.6) is 5.75 Å². The van der Waals surface area contributed by atoms with Gasteiger partial charge in [-0.1, -0.05) is 24.8 Å². The van der Waals surface area contributed by atoms with E-state index in [0.717, 1.165) is 0 Å². The van der Waals surface area contributed by atoms with Gasteiger partial charge in [0.25, 0.3) is 5.91 Å². The number of nitriles is 1. The number of anilines is 2. The molecule has 2 aromatic rings. The van der Waals surface area contributed by atoms with Crippen LogP contribution in [0.3, 0.4) is 0 Å². The number of rotatable bonds is 7. The van der Waals surface area contributed by atoms with Crippen molar-refractivity contribution in [1.29, 1.82) is 5.26 Å². The van der Waals surface area contributed by atoms with E-state index in [4.69, 9.17) is 4.74 Å². The monoisotopic (exact) mass is 361 g/mol. The molecule has 27 heavy (non-hydrogen) atoms. The summed E-state index contributed by atoms with van der Waals surface area (Å²) in [7, 11) is 0. The Labute approximate surface area is 157 Å². The van der Waals surface area contributed by atoms with Gasteiger partial charge in [0.15, 0.2) is 0 Å². The fourth-order valence-electron chi connectivity index (χ4n) is 2.17. The van der Waals surface area contributed by atoms with Crippen molar-refractivity contribution < 1.29 is 14.3 Å². The van der Waals surface area contributed by atoms with E-state index in [9.17, 15) is 14.9 Å². The van der Waals surface area contributed by atoms with Gasteiger partial charge in [0.05, 0.1) is 0 Å². The fourth-order valence-corrected chi connectivity index (χ4v) is 2.17. The second-order valence-electron chi connectivity index (χ2n) is 5.55. The van der Waals surface area contributed by atoms with Gasteiger partial charge in [-0.05, 0) is 48.0 Å². The van der Waals surface area contributed by atoms with Crippen molar-refractivity contribution in [3.63, 3.8) is 0 Å². The Bertz CT molecular complexity index is 892. The van der Waals surface area contributed by atoms with E-state index in [2.05, 4.69) is 17.2 Å². The number of carbonyl (C=O) groups excluding carboxylic acids is 2. The maximum atomic E-state index is 12.3. The van der Waals surface area contributed by atoms with Crippen molar-refractivity contribution in [3.05, 3.63) is 72.3 Å². The summed E-state index contributed by atoms with van der Waals surface area (Å²) in [6, 6.07) is 15.5. The number of carbonyl (C=O) groups is 2. The molecule has 6 nitrogen and oxygen atoms in total. The normalized spacial score (nSPS) is 10.4. The molecule has 136 valence electrons. The number of benzene rings is 2. The Morgan fingerprint density at radius 3 is 2.19 bits per heavy atom. The molecule has 0 spiro atoms. The predicted octanol–water partition coefficient (Wildman–Crippen LogP) is 3.76. The van der Waals surface area contributed by atoms with Crippen LogP contribution in [0.4, 0.5) is 11.4 Å². The third-order valence-corrected chi connectivity index (χ3v) is 3.39. The summed E-state index contributed by atoms with van der Waals surface area (Å²) in [6.07, 6.45) is 3.15. The van der Waals surface area contributed by atoms with Crippen molar-refractivity contribution in [2.75, 3.05) is 17.2 Å². The lowest BCUT2D eigenvalue weighted by Gasteiger charge is -2.07. The lowest BCUT2D eigenvalue weighted by molar-refractivity contribution is -0.114. The number of amides is 2. The van der Waals surface area contributed by atoms with Crippen LogP contribution in [-0.4, -0.2) is 18.4 Å². The summed E-state index contributed by atoms with van der Waals surface area (Å²) in [5, 5.41) is 14.6. The first-order valence-electron chi connectivity index (χ1n) is 8.16. The Balaban J connectivity index is 2.06. The molecule has 2 amide bonds. The molecule has 0 saturated carbocycles. The topological polar surface area (TPSA) is 91.2 Å². The van der Waals surface area contributed by atoms with Gasteiger partial charge in [-0.25, -0.2) is 0 Å². The van der Waals surface area contributed by atoms with E-state index in [0.29, 0.717) is 29.3 Å². The second kappa shape index (κ2) is 9.59. The van der Waals surface area contributed by atoms with Gasteiger partial charge < -0.3 is 15.4 Å². The molecule has 2 aromatic carbocycles. The van der Waals surface area contributed by atoms with Gasteiger partial charge >= 0.3 is 0 Å². The molecule has 2 rings (SSSR count). The first-order chi connectivity index (χ1) is 13.0. The third kappa shape index (κ3) is 6.18. The van der Waals surface area contributed by atoms with Crippen molar-refractivity contribution in [1.82, 2.24) is 0 Å². The van der Waals surface area contributed by atoms with E-state index in [-0.39, 0.29) is 11.5 Å². The van der Waals surface area contributed by atoms with Crippen LogP contribution in [0.15, 0.2) is 66.8 Å². The summed E-state index contributed by atoms with van der Waals surface area (Å²) in [6.45, 7) is 5.40. The summed E-state index contributed by atoms with van der Waals surface area (Å²) in [5.74, 6) is -0.0200. The van der Waals surface area contributed by atoms with Gasteiger partial charge in [0.1, 0.15) is 24.0 Å². The standard InChI is InChI=1S/C21H19N3O3/c1-3-12-27-20-10-4-16(5-11-20)13-17(14-22)21(26)24-19-8-6-18(7-9-19)23-15(2)25/h3-11,13H,1,12H2,2H3,(H,23,25)(H,24,26)/b17-13+. The van der Waals surface area contributed by atoms with E-state index in [1.807, 2.05) is 6.07 Å². The zero-order valence-electron chi connectivity index (χ0n) is 14.9. The van der Waals surface area contributed by atoms with Crippen LogP contribution in [-0.2, 0) is 9.59 Å². The van der Waals surface area contributed by atoms with Crippen molar-refractivity contribution in [2.45, 2.75) is 6.92 Å². The van der Waals surface area contributed by atoms with Crippen LogP contribution in [0.1, 0.15) is 12.5 Å². The van der Waals surface area contributed by atoms with E-state index >= 15 is 0 Å². The van der Waals surface area contributed by atoms with Gasteiger partial charge in [0.2, 0.25) is 5.91 Å². The van der Waals surface area contributed by atoms with Crippen LogP contribution in [0.25, 0.3) is 6.08 Å². The molecule has 0 aliphatic heterocycles. The maximum Gasteiger partial charge on any atom is 0.266 e. The molecule has 0 aliphatic carbocycles. The first-order valence-corrected chi connectivity index (χ1v) is 8.16. The van der Waals surface area contributed by atoms with Crippen LogP contribution >= 0.6 is 0 Å². The SMILES string of the molecule is C=CCOc1ccc(/C=C(\C#N)C(=O)Nc2ccc(NC(C)=O)cc2)cc1.